The molecule has 1 aromatic carbocycles. The van der Waals surface area contributed by atoms with E-state index in [0.29, 0.717) is 17.4 Å². The summed E-state index contributed by atoms with van der Waals surface area (Å²) in [5, 5.41) is 0. The van der Waals surface area contributed by atoms with Crippen LogP contribution in [0.4, 0.5) is 0 Å². The van der Waals surface area contributed by atoms with Gasteiger partial charge in [-0.15, -0.1) is 0 Å². The molecule has 1 aliphatic rings. The Balaban J connectivity index is 2.11. The Morgan fingerprint density at radius 2 is 1.82 bits per heavy atom. The van der Waals surface area contributed by atoms with Crippen molar-refractivity contribution in [2.75, 3.05) is 6.54 Å². The second-order valence-corrected chi connectivity index (χ2v) is 8.62. The van der Waals surface area contributed by atoms with Gasteiger partial charge in [0, 0.05) is 12.6 Å². The minimum absolute atomic E-state index is 0.179. The van der Waals surface area contributed by atoms with E-state index in [4.69, 9.17) is 0 Å². The number of hydrogen-bond acceptors (Lipinski definition) is 2. The molecule has 1 heterocycles. The standard InChI is InChI=1S/C18H29NO2S/c1-4-5-6-7-8-17-13-16(3)14-19(17)22(20,21)18-11-9-15(2)10-12-18/h9-12,16-17H,4-8,13-14H2,1-3H3/t16-,17+/m1/s1. The van der Waals surface area contributed by atoms with Crippen molar-refractivity contribution in [2.45, 2.75) is 70.2 Å². The highest BCUT2D eigenvalue weighted by Gasteiger charge is 2.37. The van der Waals surface area contributed by atoms with Crippen molar-refractivity contribution in [3.05, 3.63) is 29.8 Å². The number of unbranched alkanes of at least 4 members (excludes halogenated alkanes) is 3. The van der Waals surface area contributed by atoms with Crippen LogP contribution in [-0.2, 0) is 10.0 Å². The maximum absolute atomic E-state index is 12.9. The molecule has 4 heteroatoms. The molecule has 0 radical (unpaired) electrons. The fourth-order valence-electron chi connectivity index (χ4n) is 3.32. The Morgan fingerprint density at radius 3 is 2.45 bits per heavy atom. The minimum atomic E-state index is -3.35. The third-order valence-electron chi connectivity index (χ3n) is 4.59. The lowest BCUT2D eigenvalue weighted by Crippen LogP contribution is -2.35. The summed E-state index contributed by atoms with van der Waals surface area (Å²) < 4.78 is 27.6. The zero-order valence-corrected chi connectivity index (χ0v) is 14.9. The molecular weight excluding hydrogens is 294 g/mol. The summed E-state index contributed by atoms with van der Waals surface area (Å²) in [6, 6.07) is 7.41. The zero-order chi connectivity index (χ0) is 16.2. The van der Waals surface area contributed by atoms with Gasteiger partial charge in [-0.05, 0) is 37.8 Å². The molecular formula is C18H29NO2S. The molecule has 1 fully saturated rings. The largest absolute Gasteiger partial charge is 0.243 e. The molecule has 0 aromatic heterocycles. The van der Waals surface area contributed by atoms with Gasteiger partial charge in [0.05, 0.1) is 4.90 Å². The van der Waals surface area contributed by atoms with E-state index in [-0.39, 0.29) is 6.04 Å². The van der Waals surface area contributed by atoms with E-state index in [1.54, 1.807) is 16.4 Å². The molecule has 0 N–H and O–H groups in total. The highest BCUT2D eigenvalue weighted by Crippen LogP contribution is 2.32. The summed E-state index contributed by atoms with van der Waals surface area (Å²) in [7, 11) is -3.35. The van der Waals surface area contributed by atoms with Crippen LogP contribution in [0.15, 0.2) is 29.2 Å². The van der Waals surface area contributed by atoms with Gasteiger partial charge >= 0.3 is 0 Å². The number of nitrogens with zero attached hydrogens (tertiary/aromatic N) is 1. The predicted molar refractivity (Wildman–Crippen MR) is 91.4 cm³/mol. The molecule has 0 unspecified atom stereocenters. The fourth-order valence-corrected chi connectivity index (χ4v) is 5.11. The topological polar surface area (TPSA) is 37.4 Å². The van der Waals surface area contributed by atoms with Gasteiger partial charge in [0.25, 0.3) is 0 Å². The SMILES string of the molecule is CCCCCC[C@H]1C[C@@H](C)CN1S(=O)(=O)c1ccc(C)cc1. The zero-order valence-electron chi connectivity index (χ0n) is 14.1. The Hall–Kier alpha value is -0.870. The third kappa shape index (κ3) is 4.11. The van der Waals surface area contributed by atoms with Crippen LogP contribution >= 0.6 is 0 Å². The molecule has 0 amide bonds. The maximum Gasteiger partial charge on any atom is 0.243 e. The molecule has 1 aliphatic heterocycles. The monoisotopic (exact) mass is 323 g/mol. The quantitative estimate of drug-likeness (QED) is 0.699. The number of hydrogen-bond donors (Lipinski definition) is 0. The lowest BCUT2D eigenvalue weighted by Gasteiger charge is -2.24. The van der Waals surface area contributed by atoms with Crippen LogP contribution in [0.2, 0.25) is 0 Å². The van der Waals surface area contributed by atoms with Crippen LogP contribution in [0.5, 0.6) is 0 Å². The molecule has 0 aliphatic carbocycles. The molecule has 0 bridgehead atoms. The van der Waals surface area contributed by atoms with Gasteiger partial charge in [0.2, 0.25) is 10.0 Å². The van der Waals surface area contributed by atoms with Crippen LogP contribution in [-0.4, -0.2) is 25.3 Å². The lowest BCUT2D eigenvalue weighted by atomic mass is 10.0. The summed E-state index contributed by atoms with van der Waals surface area (Å²) >= 11 is 0. The van der Waals surface area contributed by atoms with E-state index < -0.39 is 10.0 Å². The Bertz CT molecular complexity index is 565. The number of rotatable bonds is 7. The average Bonchev–Trinajstić information content (AvgIpc) is 2.86. The predicted octanol–water partition coefficient (Wildman–Crippen LogP) is 4.36. The van der Waals surface area contributed by atoms with Crippen molar-refractivity contribution < 1.29 is 8.42 Å². The Morgan fingerprint density at radius 1 is 1.14 bits per heavy atom. The van der Waals surface area contributed by atoms with Crippen molar-refractivity contribution in [3.63, 3.8) is 0 Å². The first-order valence-corrected chi connectivity index (χ1v) is 9.97. The van der Waals surface area contributed by atoms with Crippen molar-refractivity contribution in [2.24, 2.45) is 5.92 Å². The normalized spacial score (nSPS) is 23.0. The van der Waals surface area contributed by atoms with Gasteiger partial charge in [-0.25, -0.2) is 8.42 Å². The first kappa shape index (κ1) is 17.5. The van der Waals surface area contributed by atoms with Crippen LogP contribution in [0.3, 0.4) is 0 Å². The summed E-state index contributed by atoms with van der Waals surface area (Å²) in [4.78, 5) is 0.436. The van der Waals surface area contributed by atoms with Gasteiger partial charge in [-0.2, -0.15) is 4.31 Å². The highest BCUT2D eigenvalue weighted by molar-refractivity contribution is 7.89. The molecule has 3 nitrogen and oxygen atoms in total. The average molecular weight is 324 g/mol. The molecule has 124 valence electrons. The van der Waals surface area contributed by atoms with E-state index in [0.717, 1.165) is 24.8 Å². The lowest BCUT2D eigenvalue weighted by molar-refractivity contribution is 0.359. The first-order valence-electron chi connectivity index (χ1n) is 8.53. The summed E-state index contributed by atoms with van der Waals surface area (Å²) in [5.41, 5.74) is 1.09. The van der Waals surface area contributed by atoms with Crippen LogP contribution in [0.1, 0.15) is 57.9 Å². The Kier molecular flexibility index (Phi) is 6.04. The van der Waals surface area contributed by atoms with E-state index in [9.17, 15) is 8.42 Å². The van der Waals surface area contributed by atoms with Gasteiger partial charge in [0.1, 0.15) is 0 Å². The number of sulfonamides is 1. The van der Waals surface area contributed by atoms with Crippen molar-refractivity contribution >= 4 is 10.0 Å². The van der Waals surface area contributed by atoms with Crippen molar-refractivity contribution in [1.82, 2.24) is 4.31 Å². The van der Waals surface area contributed by atoms with Crippen LogP contribution < -0.4 is 0 Å². The summed E-state index contributed by atoms with van der Waals surface area (Å²) in [6.45, 7) is 7.00. The van der Waals surface area contributed by atoms with E-state index >= 15 is 0 Å². The molecule has 0 spiro atoms. The second kappa shape index (κ2) is 7.60. The van der Waals surface area contributed by atoms with Gasteiger partial charge in [-0.3, -0.25) is 0 Å². The summed E-state index contributed by atoms with van der Waals surface area (Å²) in [5.74, 6) is 0.455. The number of benzene rings is 1. The first-order chi connectivity index (χ1) is 10.4. The highest BCUT2D eigenvalue weighted by atomic mass is 32.2. The molecule has 22 heavy (non-hydrogen) atoms. The van der Waals surface area contributed by atoms with Crippen molar-refractivity contribution in [3.8, 4) is 0 Å². The van der Waals surface area contributed by atoms with Crippen LogP contribution in [0.25, 0.3) is 0 Å². The molecule has 0 saturated carbocycles. The molecule has 1 saturated heterocycles. The number of aryl methyl sites for hydroxylation is 1. The van der Waals surface area contributed by atoms with E-state index in [1.165, 1.54) is 19.3 Å². The van der Waals surface area contributed by atoms with E-state index in [1.807, 2.05) is 19.1 Å². The Labute approximate surface area is 135 Å². The van der Waals surface area contributed by atoms with Gasteiger partial charge < -0.3 is 0 Å². The van der Waals surface area contributed by atoms with E-state index in [2.05, 4.69) is 13.8 Å². The second-order valence-electron chi connectivity index (χ2n) is 6.73. The molecule has 2 rings (SSSR count). The minimum Gasteiger partial charge on any atom is -0.207 e. The smallest absolute Gasteiger partial charge is 0.207 e. The van der Waals surface area contributed by atoms with Crippen LogP contribution in [0, 0.1) is 12.8 Å². The molecule has 1 aromatic rings. The van der Waals surface area contributed by atoms with Crippen molar-refractivity contribution in [1.29, 1.82) is 0 Å². The molecule has 2 atom stereocenters. The van der Waals surface area contributed by atoms with Gasteiger partial charge in [0.15, 0.2) is 0 Å². The fraction of sp³-hybridized carbons (Fsp3) is 0.667. The van der Waals surface area contributed by atoms with Gasteiger partial charge in [-0.1, -0.05) is 57.2 Å². The third-order valence-corrected chi connectivity index (χ3v) is 6.52. The summed E-state index contributed by atoms with van der Waals surface area (Å²) in [6.07, 6.45) is 6.79. The maximum atomic E-state index is 12.9.